The molecular formula is C38H38N2O13. The first-order chi connectivity index (χ1) is 25.4. The number of nitrogen functional groups attached to an aromatic ring is 1. The molecule has 1 aliphatic carbocycles. The Kier molecular flexibility index (Phi) is 9.65. The Labute approximate surface area is 301 Å². The average molecular weight is 731 g/mol. The lowest BCUT2D eigenvalue weighted by Crippen LogP contribution is -2.61. The normalized spacial score (nSPS) is 22.4. The third-order valence-electron chi connectivity index (χ3n) is 9.60. The fraction of sp³-hybridized carbons (Fsp3) is 0.316. The molecule has 53 heavy (non-hydrogen) atoms. The molecule has 0 spiro atoms. The van der Waals surface area contributed by atoms with Crippen molar-refractivity contribution in [2.24, 2.45) is 0 Å². The van der Waals surface area contributed by atoms with E-state index in [0.29, 0.717) is 48.6 Å². The van der Waals surface area contributed by atoms with Crippen molar-refractivity contribution in [3.63, 3.8) is 0 Å². The van der Waals surface area contributed by atoms with Gasteiger partial charge in [-0.2, -0.15) is 0 Å². The van der Waals surface area contributed by atoms with Crippen molar-refractivity contribution in [2.75, 3.05) is 12.3 Å². The summed E-state index contributed by atoms with van der Waals surface area (Å²) in [5.74, 6) is -1.73. The molecule has 3 aromatic carbocycles. The predicted molar refractivity (Wildman–Crippen MR) is 188 cm³/mol. The van der Waals surface area contributed by atoms with Gasteiger partial charge in [0.1, 0.15) is 58.0 Å². The van der Waals surface area contributed by atoms with E-state index < -0.39 is 53.5 Å². The average Bonchev–Trinajstić information content (AvgIpc) is 3.79. The van der Waals surface area contributed by atoms with Crippen molar-refractivity contribution in [3.8, 4) is 40.1 Å². The number of rotatable bonds is 11. The molecule has 1 saturated heterocycles. The van der Waals surface area contributed by atoms with Crippen LogP contribution < -0.4 is 25.4 Å². The molecular weight excluding hydrogens is 692 g/mol. The zero-order valence-corrected chi connectivity index (χ0v) is 28.2. The van der Waals surface area contributed by atoms with Gasteiger partial charge in [0.05, 0.1) is 6.61 Å². The van der Waals surface area contributed by atoms with E-state index in [-0.39, 0.29) is 34.0 Å². The minimum Gasteiger partial charge on any atom is -0.508 e. The van der Waals surface area contributed by atoms with Gasteiger partial charge in [-0.25, -0.2) is 4.79 Å². The van der Waals surface area contributed by atoms with Gasteiger partial charge in [-0.3, -0.25) is 4.79 Å². The fourth-order valence-electron chi connectivity index (χ4n) is 6.84. The molecule has 278 valence electrons. The van der Waals surface area contributed by atoms with Crippen LogP contribution in [-0.4, -0.2) is 78.9 Å². The van der Waals surface area contributed by atoms with Gasteiger partial charge in [0.15, 0.2) is 23.0 Å². The number of H-pyrrole nitrogens is 1. The first kappa shape index (κ1) is 35.7. The molecule has 2 fully saturated rings. The molecule has 5 unspecified atom stereocenters. The maximum atomic E-state index is 13.7. The number of ether oxygens (including phenoxy) is 4. The molecule has 0 radical (unpaired) electrons. The highest BCUT2D eigenvalue weighted by Crippen LogP contribution is 2.51. The van der Waals surface area contributed by atoms with Crippen LogP contribution in [0.25, 0.3) is 22.3 Å². The van der Waals surface area contributed by atoms with E-state index >= 15 is 0 Å². The molecule has 1 saturated carbocycles. The molecule has 15 nitrogen and oxygen atoms in total. The van der Waals surface area contributed by atoms with Crippen LogP contribution in [0.5, 0.6) is 28.7 Å². The number of hydrogen-bond acceptors (Lipinski definition) is 13. The Morgan fingerprint density at radius 2 is 1.70 bits per heavy atom. The number of aliphatic hydroxyl groups excluding tert-OH is 3. The Bertz CT molecular complexity index is 2170. The van der Waals surface area contributed by atoms with Gasteiger partial charge in [0.2, 0.25) is 12.0 Å². The van der Waals surface area contributed by atoms with E-state index in [2.05, 4.69) is 4.98 Å². The van der Waals surface area contributed by atoms with Crippen molar-refractivity contribution >= 4 is 22.8 Å². The smallest absolute Gasteiger partial charge is 0.335 e. The number of phenols is 2. The van der Waals surface area contributed by atoms with E-state index in [4.69, 9.17) is 29.1 Å². The molecule has 3 heterocycles. The largest absolute Gasteiger partial charge is 0.508 e. The van der Waals surface area contributed by atoms with Crippen LogP contribution in [0.15, 0.2) is 82.0 Å². The fourth-order valence-corrected chi connectivity index (χ4v) is 6.84. The van der Waals surface area contributed by atoms with Crippen LogP contribution in [0.4, 0.5) is 5.82 Å². The third kappa shape index (κ3) is 7.06. The number of nitrogens with one attached hydrogen (secondary N) is 1. The highest BCUT2D eigenvalue weighted by Gasteiger charge is 2.49. The summed E-state index contributed by atoms with van der Waals surface area (Å²) in [5, 5.41) is 62.9. The number of phenolic OH excluding ortho intramolecular Hbond substituents is 2. The van der Waals surface area contributed by atoms with Gasteiger partial charge in [-0.1, -0.05) is 12.1 Å². The number of carbonyl (C=O) groups is 1. The van der Waals surface area contributed by atoms with Gasteiger partial charge >= 0.3 is 5.97 Å². The summed E-state index contributed by atoms with van der Waals surface area (Å²) in [6, 6.07) is 19.3. The molecule has 5 atom stereocenters. The molecule has 15 heteroatoms. The quantitative estimate of drug-likeness (QED) is 0.0969. The van der Waals surface area contributed by atoms with E-state index in [1.54, 1.807) is 42.5 Å². The van der Waals surface area contributed by atoms with Gasteiger partial charge in [-0.05, 0) is 79.8 Å². The first-order valence-corrected chi connectivity index (χ1v) is 17.0. The van der Waals surface area contributed by atoms with Crippen LogP contribution in [0.1, 0.15) is 36.9 Å². The van der Waals surface area contributed by atoms with E-state index in [0.717, 1.165) is 18.5 Å². The maximum Gasteiger partial charge on any atom is 0.335 e. The van der Waals surface area contributed by atoms with Gasteiger partial charge in [0.25, 0.3) is 0 Å². The Morgan fingerprint density at radius 1 is 0.943 bits per heavy atom. The summed E-state index contributed by atoms with van der Waals surface area (Å²) < 4.78 is 29.8. The highest BCUT2D eigenvalue weighted by molar-refractivity contribution is 5.89. The summed E-state index contributed by atoms with van der Waals surface area (Å²) in [6.45, 7) is 0.381. The van der Waals surface area contributed by atoms with Crippen molar-refractivity contribution in [1.82, 2.24) is 4.98 Å². The standard InChI is InChI=1S/C38H38N2O13/c39-28-11-8-21(40-28)12-15-49-23-9-6-19(7-10-23)25-17-24(42)29-26(50-25)18-27(51-37-33(46)31(44)32(45)35(52-37)36(47)48)34(30(29)43)53-38(13-1-2-14-38)20-4-3-5-22(41)16-20/h3-11,16-18,31-33,35,37,40-41,43-46H,1-2,12-15,39H2,(H,47,48). The number of fused-ring (bicyclic) bond motifs is 1. The lowest BCUT2D eigenvalue weighted by atomic mass is 9.91. The predicted octanol–water partition coefficient (Wildman–Crippen LogP) is 3.52. The summed E-state index contributed by atoms with van der Waals surface area (Å²) in [7, 11) is 0. The number of aromatic amines is 1. The number of aliphatic carboxylic acids is 1. The number of carboxylic acid groups (broad SMARTS) is 1. The van der Waals surface area contributed by atoms with Crippen LogP contribution in [-0.2, 0) is 21.6 Å². The number of hydrogen-bond donors (Lipinski definition) is 8. The number of anilines is 1. The van der Waals surface area contributed by atoms with Crippen LogP contribution in [0.2, 0.25) is 0 Å². The summed E-state index contributed by atoms with van der Waals surface area (Å²) >= 11 is 0. The SMILES string of the molecule is Nc1ccc(CCOc2ccc(-c3cc(=O)c4c(O)c(OC5(c6cccc(O)c6)CCCC5)c(OC5OC(C(=O)O)C(O)C(O)C5O)cc4o3)cc2)[nH]1. The molecule has 7 rings (SSSR count). The molecule has 9 N–H and O–H groups in total. The minimum absolute atomic E-state index is 0.0162. The molecule has 2 aliphatic rings. The monoisotopic (exact) mass is 730 g/mol. The Balaban J connectivity index is 1.26. The summed E-state index contributed by atoms with van der Waals surface area (Å²) in [6.07, 6.45) is -6.80. The van der Waals surface area contributed by atoms with E-state index in [1.165, 1.54) is 24.3 Å². The molecule has 5 aromatic rings. The number of carboxylic acids is 1. The first-order valence-electron chi connectivity index (χ1n) is 17.0. The lowest BCUT2D eigenvalue weighted by Gasteiger charge is -2.39. The topological polar surface area (TPSA) is 247 Å². The number of nitrogens with two attached hydrogens (primary N) is 1. The van der Waals surface area contributed by atoms with Crippen LogP contribution in [0.3, 0.4) is 0 Å². The van der Waals surface area contributed by atoms with Crippen LogP contribution in [0, 0.1) is 0 Å². The second-order valence-corrected chi connectivity index (χ2v) is 13.2. The number of aliphatic hydroxyl groups is 3. The van der Waals surface area contributed by atoms with E-state index in [1.807, 2.05) is 6.07 Å². The van der Waals surface area contributed by atoms with Crippen LogP contribution >= 0.6 is 0 Å². The second-order valence-electron chi connectivity index (χ2n) is 13.2. The van der Waals surface area contributed by atoms with Gasteiger partial charge in [-0.15, -0.1) is 0 Å². The lowest BCUT2D eigenvalue weighted by molar-refractivity contribution is -0.271. The number of benzene rings is 3. The Hall–Kier alpha value is -5.74. The second kappa shape index (κ2) is 14.4. The highest BCUT2D eigenvalue weighted by atomic mass is 16.7. The zero-order chi connectivity index (χ0) is 37.4. The Morgan fingerprint density at radius 3 is 2.38 bits per heavy atom. The van der Waals surface area contributed by atoms with E-state index in [9.17, 15) is 40.2 Å². The van der Waals surface area contributed by atoms with Crippen molar-refractivity contribution in [1.29, 1.82) is 0 Å². The molecule has 1 aliphatic heterocycles. The molecule has 0 amide bonds. The minimum atomic E-state index is -1.98. The maximum absolute atomic E-state index is 13.7. The van der Waals surface area contributed by atoms with Crippen molar-refractivity contribution in [3.05, 3.63) is 94.3 Å². The summed E-state index contributed by atoms with van der Waals surface area (Å²) in [5.41, 5.74) is 5.84. The zero-order valence-electron chi connectivity index (χ0n) is 28.2. The summed E-state index contributed by atoms with van der Waals surface area (Å²) in [4.78, 5) is 28.6. The van der Waals surface area contributed by atoms with Gasteiger partial charge < -0.3 is 64.7 Å². The number of aromatic hydroxyl groups is 2. The van der Waals surface area contributed by atoms with Crippen molar-refractivity contribution in [2.45, 2.75) is 68.4 Å². The van der Waals surface area contributed by atoms with Crippen molar-refractivity contribution < 1.29 is 58.8 Å². The third-order valence-corrected chi connectivity index (χ3v) is 9.60. The number of aromatic nitrogens is 1. The van der Waals surface area contributed by atoms with Gasteiger partial charge in [0, 0.05) is 29.8 Å². The molecule has 0 bridgehead atoms. The molecule has 2 aromatic heterocycles.